The van der Waals surface area contributed by atoms with Gasteiger partial charge in [0.05, 0.1) is 19.4 Å². The van der Waals surface area contributed by atoms with Gasteiger partial charge in [0.1, 0.15) is 23.5 Å². The number of hydrogen-bond acceptors (Lipinski definition) is 5. The lowest BCUT2D eigenvalue weighted by Gasteiger charge is -2.04. The normalized spacial score (nSPS) is 9.71. The van der Waals surface area contributed by atoms with Crippen molar-refractivity contribution in [3.8, 4) is 5.75 Å². The number of carbonyl (C=O) groups excluding carboxylic acids is 3. The molecule has 0 fully saturated rings. The fraction of sp³-hybridized carbons (Fsp3) is 0.333. The van der Waals surface area contributed by atoms with Gasteiger partial charge in [0.15, 0.2) is 5.78 Å². The first-order valence-corrected chi connectivity index (χ1v) is 5.24. The first kappa shape index (κ1) is 13.0. The molecule has 0 N–H and O–H groups in total. The second-order valence-electron chi connectivity index (χ2n) is 3.32. The molecule has 1 aromatic rings. The van der Waals surface area contributed by atoms with E-state index in [1.165, 1.54) is 12.3 Å². The highest BCUT2D eigenvalue weighted by molar-refractivity contribution is 6.09. The number of hydrogen-bond donors (Lipinski definition) is 0. The Morgan fingerprint density at radius 1 is 1.47 bits per heavy atom. The third kappa shape index (κ3) is 4.14. The minimum Gasteiger partial charge on any atom is -0.494 e. The number of aldehydes is 1. The van der Waals surface area contributed by atoms with Crippen molar-refractivity contribution in [1.29, 1.82) is 0 Å². The molecule has 0 radical (unpaired) electrons. The van der Waals surface area contributed by atoms with Crippen molar-refractivity contribution in [3.63, 3.8) is 0 Å². The van der Waals surface area contributed by atoms with E-state index in [1.54, 1.807) is 6.07 Å². The molecule has 0 aromatic carbocycles. The summed E-state index contributed by atoms with van der Waals surface area (Å²) in [7, 11) is 0. The largest absolute Gasteiger partial charge is 0.494 e. The number of pyridine rings is 1. The third-order valence-corrected chi connectivity index (χ3v) is 2.00. The zero-order valence-electron chi connectivity index (χ0n) is 9.51. The maximum atomic E-state index is 11.6. The molecule has 5 nitrogen and oxygen atoms in total. The summed E-state index contributed by atoms with van der Waals surface area (Å²) in [5.41, 5.74) is 0.176. The Morgan fingerprint density at radius 2 is 2.24 bits per heavy atom. The summed E-state index contributed by atoms with van der Waals surface area (Å²) >= 11 is 0. The van der Waals surface area contributed by atoms with Crippen LogP contribution >= 0.6 is 0 Å². The lowest BCUT2D eigenvalue weighted by atomic mass is 10.1. The molecule has 17 heavy (non-hydrogen) atoms. The van der Waals surface area contributed by atoms with Crippen LogP contribution in [-0.2, 0) is 9.59 Å². The van der Waals surface area contributed by atoms with Gasteiger partial charge in [0.25, 0.3) is 0 Å². The van der Waals surface area contributed by atoms with Crippen molar-refractivity contribution in [3.05, 3.63) is 24.0 Å². The van der Waals surface area contributed by atoms with Crippen LogP contribution in [0.5, 0.6) is 5.75 Å². The van der Waals surface area contributed by atoms with Gasteiger partial charge in [0.2, 0.25) is 0 Å². The maximum Gasteiger partial charge on any atom is 0.188 e. The number of aromatic nitrogens is 1. The lowest BCUT2D eigenvalue weighted by Crippen LogP contribution is -2.10. The molecule has 0 saturated heterocycles. The molecule has 0 saturated carbocycles. The molecule has 5 heteroatoms. The average Bonchev–Trinajstić information content (AvgIpc) is 2.30. The summed E-state index contributed by atoms with van der Waals surface area (Å²) in [6.07, 6.45) is 1.39. The van der Waals surface area contributed by atoms with Gasteiger partial charge in [-0.05, 0) is 13.0 Å². The molecule has 0 atom stereocenters. The molecule has 1 aromatic heterocycles. The van der Waals surface area contributed by atoms with Gasteiger partial charge in [-0.2, -0.15) is 0 Å². The number of rotatable bonds is 7. The summed E-state index contributed by atoms with van der Waals surface area (Å²) in [6.45, 7) is 2.32. The highest BCUT2D eigenvalue weighted by Gasteiger charge is 2.13. The fourth-order valence-electron chi connectivity index (χ4n) is 1.25. The zero-order chi connectivity index (χ0) is 12.7. The first-order valence-electron chi connectivity index (χ1n) is 5.24. The summed E-state index contributed by atoms with van der Waals surface area (Å²) in [5, 5.41) is 0. The smallest absolute Gasteiger partial charge is 0.188 e. The second kappa shape index (κ2) is 6.52. The van der Waals surface area contributed by atoms with Gasteiger partial charge in [-0.1, -0.05) is 0 Å². The third-order valence-electron chi connectivity index (χ3n) is 2.00. The van der Waals surface area contributed by atoms with E-state index in [9.17, 15) is 14.4 Å². The summed E-state index contributed by atoms with van der Waals surface area (Å²) in [5.74, 6) is -0.277. The van der Waals surface area contributed by atoms with Crippen molar-refractivity contribution in [1.82, 2.24) is 4.98 Å². The Hall–Kier alpha value is -2.04. The Balaban J connectivity index is 2.71. The van der Waals surface area contributed by atoms with Crippen LogP contribution in [0, 0.1) is 0 Å². The number of Topliss-reactive ketones (excluding diaryl/α,β-unsaturated/α-hetero) is 2. The van der Waals surface area contributed by atoms with Crippen LogP contribution in [-0.4, -0.2) is 29.4 Å². The number of carbonyl (C=O) groups is 3. The topological polar surface area (TPSA) is 73.3 Å². The van der Waals surface area contributed by atoms with Crippen molar-refractivity contribution in [2.75, 3.05) is 6.61 Å². The van der Waals surface area contributed by atoms with E-state index in [0.717, 1.165) is 0 Å². The van der Waals surface area contributed by atoms with Gasteiger partial charge in [-0.15, -0.1) is 0 Å². The van der Waals surface area contributed by atoms with E-state index in [2.05, 4.69) is 4.98 Å². The predicted octanol–water partition coefficient (Wildman–Crippen LogP) is 1.21. The van der Waals surface area contributed by atoms with Crippen molar-refractivity contribution in [2.45, 2.75) is 19.8 Å². The van der Waals surface area contributed by atoms with E-state index >= 15 is 0 Å². The number of ketones is 2. The van der Waals surface area contributed by atoms with Gasteiger partial charge in [0, 0.05) is 12.3 Å². The zero-order valence-corrected chi connectivity index (χ0v) is 9.51. The first-order chi connectivity index (χ1) is 8.17. The highest BCUT2D eigenvalue weighted by atomic mass is 16.5. The summed E-state index contributed by atoms with van der Waals surface area (Å²) in [4.78, 5) is 36.7. The predicted molar refractivity (Wildman–Crippen MR) is 60.0 cm³/mol. The van der Waals surface area contributed by atoms with E-state index < -0.39 is 11.6 Å². The quantitative estimate of drug-likeness (QED) is 0.403. The minimum absolute atomic E-state index is 0.176. The second-order valence-corrected chi connectivity index (χ2v) is 3.32. The Labute approximate surface area is 98.8 Å². The van der Waals surface area contributed by atoms with Gasteiger partial charge >= 0.3 is 0 Å². The molecule has 0 aliphatic carbocycles. The number of nitrogens with zero attached hydrogens (tertiary/aromatic N) is 1. The van der Waals surface area contributed by atoms with Crippen LogP contribution in [0.4, 0.5) is 0 Å². The number of ether oxygens (including phenoxy) is 1. The molecular formula is C12H13NO4. The molecule has 0 bridgehead atoms. The Bertz CT molecular complexity index is 428. The monoisotopic (exact) mass is 235 g/mol. The van der Waals surface area contributed by atoms with Crippen LogP contribution < -0.4 is 4.74 Å². The SMILES string of the molecule is CCOc1ccnc(C(=O)CC(=O)CC=O)c1. The molecule has 90 valence electrons. The lowest BCUT2D eigenvalue weighted by molar-refractivity contribution is -0.121. The molecule has 1 rings (SSSR count). The van der Waals surface area contributed by atoms with Crippen LogP contribution in [0.25, 0.3) is 0 Å². The van der Waals surface area contributed by atoms with E-state index in [0.29, 0.717) is 18.6 Å². The van der Waals surface area contributed by atoms with Crippen LogP contribution in [0.1, 0.15) is 30.3 Å². The molecule has 1 heterocycles. The standard InChI is InChI=1S/C12H13NO4/c1-2-17-10-3-5-13-11(8-10)12(16)7-9(15)4-6-14/h3,5-6,8H,2,4,7H2,1H3. The van der Waals surface area contributed by atoms with Gasteiger partial charge in [-0.3, -0.25) is 14.6 Å². The van der Waals surface area contributed by atoms with Crippen molar-refractivity contribution < 1.29 is 19.1 Å². The van der Waals surface area contributed by atoms with Gasteiger partial charge in [-0.25, -0.2) is 0 Å². The Morgan fingerprint density at radius 3 is 2.88 bits per heavy atom. The van der Waals surface area contributed by atoms with Crippen LogP contribution in [0.3, 0.4) is 0 Å². The fourth-order valence-corrected chi connectivity index (χ4v) is 1.25. The van der Waals surface area contributed by atoms with E-state index in [4.69, 9.17) is 4.74 Å². The Kier molecular flexibility index (Phi) is 5.00. The molecule has 0 amide bonds. The van der Waals surface area contributed by atoms with Gasteiger partial charge < -0.3 is 9.53 Å². The van der Waals surface area contributed by atoms with Crippen LogP contribution in [0.2, 0.25) is 0 Å². The van der Waals surface area contributed by atoms with E-state index in [1.807, 2.05) is 6.92 Å². The summed E-state index contributed by atoms with van der Waals surface area (Å²) < 4.78 is 5.22. The molecule has 0 unspecified atom stereocenters. The summed E-state index contributed by atoms with van der Waals surface area (Å²) in [6, 6.07) is 3.12. The minimum atomic E-state index is -0.409. The highest BCUT2D eigenvalue weighted by Crippen LogP contribution is 2.12. The van der Waals surface area contributed by atoms with Crippen molar-refractivity contribution in [2.24, 2.45) is 0 Å². The molecule has 0 spiro atoms. The average molecular weight is 235 g/mol. The van der Waals surface area contributed by atoms with E-state index in [-0.39, 0.29) is 18.5 Å². The maximum absolute atomic E-state index is 11.6. The van der Waals surface area contributed by atoms with Crippen LogP contribution in [0.15, 0.2) is 18.3 Å². The molecule has 0 aliphatic heterocycles. The molecular weight excluding hydrogens is 222 g/mol. The molecule has 0 aliphatic rings. The van der Waals surface area contributed by atoms with Crippen molar-refractivity contribution >= 4 is 17.9 Å².